The number of hydrogen-bond donors (Lipinski definition) is 1. The van der Waals surface area contributed by atoms with Crippen molar-refractivity contribution in [2.75, 3.05) is 12.4 Å². The van der Waals surface area contributed by atoms with E-state index in [1.165, 1.54) is 0 Å². The highest BCUT2D eigenvalue weighted by molar-refractivity contribution is 7.91. The Morgan fingerprint density at radius 3 is 2.47 bits per heavy atom. The first-order chi connectivity index (χ1) is 7.03. The van der Waals surface area contributed by atoms with E-state index in [1.54, 1.807) is 31.2 Å². The molecule has 1 atom stereocenters. The van der Waals surface area contributed by atoms with Crippen LogP contribution in [0.2, 0.25) is 0 Å². The Balaban J connectivity index is 3.30. The third kappa shape index (κ3) is 2.58. The number of sulfone groups is 1. The van der Waals surface area contributed by atoms with Crippen molar-refractivity contribution in [3.05, 3.63) is 29.8 Å². The minimum atomic E-state index is -3.20. The van der Waals surface area contributed by atoms with Crippen LogP contribution in [0.5, 0.6) is 0 Å². The van der Waals surface area contributed by atoms with Crippen LogP contribution >= 0.6 is 0 Å². The quantitative estimate of drug-likeness (QED) is 0.851. The van der Waals surface area contributed by atoms with E-state index in [9.17, 15) is 8.42 Å². The molecule has 0 aliphatic rings. The summed E-state index contributed by atoms with van der Waals surface area (Å²) in [6, 6.07) is 6.84. The maximum atomic E-state index is 11.8. The Morgan fingerprint density at radius 1 is 1.33 bits per heavy atom. The molecule has 0 aromatic heterocycles. The van der Waals surface area contributed by atoms with E-state index < -0.39 is 9.84 Å². The lowest BCUT2D eigenvalue weighted by atomic mass is 10.0. The maximum Gasteiger partial charge on any atom is 0.178 e. The van der Waals surface area contributed by atoms with Gasteiger partial charge in [0.25, 0.3) is 0 Å². The SMILES string of the molecule is CCS(=O)(=O)c1ccccc1C(C)CO. The smallest absolute Gasteiger partial charge is 0.178 e. The van der Waals surface area contributed by atoms with Crippen LogP contribution in [0.4, 0.5) is 0 Å². The second-order valence-corrected chi connectivity index (χ2v) is 5.77. The Kier molecular flexibility index (Phi) is 3.88. The molecule has 1 N–H and O–H groups in total. The predicted octanol–water partition coefficient (Wildman–Crippen LogP) is 1.58. The summed E-state index contributed by atoms with van der Waals surface area (Å²) in [6.45, 7) is 3.38. The molecule has 0 bridgehead atoms. The van der Waals surface area contributed by atoms with Crippen molar-refractivity contribution in [1.29, 1.82) is 0 Å². The highest BCUT2D eigenvalue weighted by atomic mass is 32.2. The van der Waals surface area contributed by atoms with E-state index in [0.29, 0.717) is 10.5 Å². The minimum Gasteiger partial charge on any atom is -0.396 e. The van der Waals surface area contributed by atoms with E-state index in [1.807, 2.05) is 6.92 Å². The van der Waals surface area contributed by atoms with Gasteiger partial charge in [-0.05, 0) is 11.6 Å². The van der Waals surface area contributed by atoms with Gasteiger partial charge in [0.1, 0.15) is 0 Å². The van der Waals surface area contributed by atoms with Crippen LogP contribution in [0.25, 0.3) is 0 Å². The fraction of sp³-hybridized carbons (Fsp3) is 0.455. The summed E-state index contributed by atoms with van der Waals surface area (Å²) >= 11 is 0. The summed E-state index contributed by atoms with van der Waals surface area (Å²) in [6.07, 6.45) is 0. The van der Waals surface area contributed by atoms with Crippen LogP contribution in [0.15, 0.2) is 29.2 Å². The molecule has 0 saturated heterocycles. The van der Waals surface area contributed by atoms with Gasteiger partial charge in [-0.2, -0.15) is 0 Å². The van der Waals surface area contributed by atoms with Gasteiger partial charge >= 0.3 is 0 Å². The lowest BCUT2D eigenvalue weighted by molar-refractivity contribution is 0.272. The molecule has 4 heteroatoms. The average molecular weight is 228 g/mol. The molecule has 1 unspecified atom stereocenters. The zero-order valence-electron chi connectivity index (χ0n) is 8.97. The van der Waals surface area contributed by atoms with E-state index in [-0.39, 0.29) is 18.3 Å². The summed E-state index contributed by atoms with van der Waals surface area (Å²) in [5.74, 6) is -0.0650. The van der Waals surface area contributed by atoms with Gasteiger partial charge in [-0.3, -0.25) is 0 Å². The van der Waals surface area contributed by atoms with Gasteiger partial charge in [-0.15, -0.1) is 0 Å². The molecule has 0 amide bonds. The van der Waals surface area contributed by atoms with Gasteiger partial charge in [0.15, 0.2) is 9.84 Å². The van der Waals surface area contributed by atoms with Crippen molar-refractivity contribution in [3.8, 4) is 0 Å². The standard InChI is InChI=1S/C11H16O3S/c1-3-15(13,14)11-7-5-4-6-10(11)9(2)8-12/h4-7,9,12H,3,8H2,1-2H3. The predicted molar refractivity (Wildman–Crippen MR) is 59.7 cm³/mol. The van der Waals surface area contributed by atoms with Gasteiger partial charge in [0.05, 0.1) is 10.6 Å². The third-order valence-electron chi connectivity index (χ3n) is 2.44. The summed E-state index contributed by atoms with van der Waals surface area (Å²) in [5.41, 5.74) is 0.696. The van der Waals surface area contributed by atoms with E-state index >= 15 is 0 Å². The Hall–Kier alpha value is -0.870. The Morgan fingerprint density at radius 2 is 1.93 bits per heavy atom. The summed E-state index contributed by atoms with van der Waals surface area (Å²) < 4.78 is 23.5. The fourth-order valence-electron chi connectivity index (χ4n) is 1.42. The number of benzene rings is 1. The van der Waals surface area contributed by atoms with E-state index in [4.69, 9.17) is 5.11 Å². The summed E-state index contributed by atoms with van der Waals surface area (Å²) in [5, 5.41) is 9.06. The molecular weight excluding hydrogens is 212 g/mol. The summed E-state index contributed by atoms with van der Waals surface area (Å²) in [4.78, 5) is 0.342. The second kappa shape index (κ2) is 4.77. The Bertz CT molecular complexity index is 423. The molecule has 1 aromatic rings. The van der Waals surface area contributed by atoms with Crippen molar-refractivity contribution in [3.63, 3.8) is 0 Å². The molecule has 0 aliphatic carbocycles. The highest BCUT2D eigenvalue weighted by Crippen LogP contribution is 2.24. The molecule has 1 aromatic carbocycles. The van der Waals surface area contributed by atoms with Crippen molar-refractivity contribution in [2.45, 2.75) is 24.7 Å². The number of aliphatic hydroxyl groups excluding tert-OH is 1. The fourth-order valence-corrected chi connectivity index (χ4v) is 2.65. The zero-order valence-corrected chi connectivity index (χ0v) is 9.79. The van der Waals surface area contributed by atoms with Crippen molar-refractivity contribution in [1.82, 2.24) is 0 Å². The molecule has 84 valence electrons. The van der Waals surface area contributed by atoms with E-state index in [2.05, 4.69) is 0 Å². The number of aliphatic hydroxyl groups is 1. The second-order valence-electron chi connectivity index (χ2n) is 3.52. The molecule has 0 saturated carbocycles. The normalized spacial score (nSPS) is 13.8. The van der Waals surface area contributed by atoms with Crippen LogP contribution in [-0.2, 0) is 9.84 Å². The monoisotopic (exact) mass is 228 g/mol. The first kappa shape index (κ1) is 12.2. The molecule has 0 aliphatic heterocycles. The third-order valence-corrected chi connectivity index (χ3v) is 4.24. The van der Waals surface area contributed by atoms with Gasteiger partial charge in [0.2, 0.25) is 0 Å². The topological polar surface area (TPSA) is 54.4 Å². The molecule has 0 heterocycles. The lowest BCUT2D eigenvalue weighted by Crippen LogP contribution is -2.10. The minimum absolute atomic E-state index is 0.0454. The molecule has 0 spiro atoms. The molecule has 0 fully saturated rings. The van der Waals surface area contributed by atoms with Crippen molar-refractivity contribution < 1.29 is 13.5 Å². The largest absolute Gasteiger partial charge is 0.396 e. The molecular formula is C11H16O3S. The first-order valence-corrected chi connectivity index (χ1v) is 6.60. The van der Waals surface area contributed by atoms with Crippen LogP contribution in [0, 0.1) is 0 Å². The zero-order chi connectivity index (χ0) is 11.5. The van der Waals surface area contributed by atoms with E-state index in [0.717, 1.165) is 0 Å². The lowest BCUT2D eigenvalue weighted by Gasteiger charge is -2.13. The van der Waals surface area contributed by atoms with Crippen LogP contribution < -0.4 is 0 Å². The van der Waals surface area contributed by atoms with Crippen LogP contribution in [0.3, 0.4) is 0 Å². The van der Waals surface area contributed by atoms with Crippen LogP contribution in [-0.4, -0.2) is 25.9 Å². The van der Waals surface area contributed by atoms with Crippen molar-refractivity contribution in [2.24, 2.45) is 0 Å². The number of hydrogen-bond acceptors (Lipinski definition) is 3. The molecule has 15 heavy (non-hydrogen) atoms. The molecule has 1 rings (SSSR count). The maximum absolute atomic E-state index is 11.8. The van der Waals surface area contributed by atoms with Crippen LogP contribution in [0.1, 0.15) is 25.3 Å². The van der Waals surface area contributed by atoms with Gasteiger partial charge in [0, 0.05) is 12.5 Å². The molecule has 0 radical (unpaired) electrons. The van der Waals surface area contributed by atoms with Gasteiger partial charge in [-0.1, -0.05) is 32.0 Å². The molecule has 3 nitrogen and oxygen atoms in total. The van der Waals surface area contributed by atoms with Gasteiger partial charge < -0.3 is 5.11 Å². The van der Waals surface area contributed by atoms with Crippen molar-refractivity contribution >= 4 is 9.84 Å². The Labute approximate surface area is 90.7 Å². The first-order valence-electron chi connectivity index (χ1n) is 4.95. The average Bonchev–Trinajstić information content (AvgIpc) is 2.28. The number of rotatable bonds is 4. The highest BCUT2D eigenvalue weighted by Gasteiger charge is 2.18. The summed E-state index contributed by atoms with van der Waals surface area (Å²) in [7, 11) is -3.20. The van der Waals surface area contributed by atoms with Gasteiger partial charge in [-0.25, -0.2) is 8.42 Å².